The first-order valence-corrected chi connectivity index (χ1v) is 7.54. The molecule has 1 atom stereocenters. The molecule has 2 aliphatic rings. The quantitative estimate of drug-likeness (QED) is 0.853. The van der Waals surface area contributed by atoms with E-state index in [0.29, 0.717) is 19.4 Å². The van der Waals surface area contributed by atoms with Crippen molar-refractivity contribution in [3.63, 3.8) is 0 Å². The first-order valence-electron chi connectivity index (χ1n) is 7.54. The van der Waals surface area contributed by atoms with Gasteiger partial charge >= 0.3 is 5.97 Å². The molecule has 2 saturated heterocycles. The Morgan fingerprint density at radius 2 is 1.89 bits per heavy atom. The minimum absolute atomic E-state index is 0.119. The summed E-state index contributed by atoms with van der Waals surface area (Å²) in [6.07, 6.45) is 4.98. The van der Waals surface area contributed by atoms with Gasteiger partial charge in [-0.15, -0.1) is 0 Å². The summed E-state index contributed by atoms with van der Waals surface area (Å²) >= 11 is 0. The molecule has 4 nitrogen and oxygen atoms in total. The van der Waals surface area contributed by atoms with Crippen LogP contribution in [0.25, 0.3) is 0 Å². The van der Waals surface area contributed by atoms with E-state index >= 15 is 0 Å². The highest BCUT2D eigenvalue weighted by atomic mass is 16.5. The molecule has 4 heteroatoms. The lowest BCUT2D eigenvalue weighted by molar-refractivity contribution is -0.177. The molecule has 0 aromatic rings. The van der Waals surface area contributed by atoms with E-state index in [-0.39, 0.29) is 11.5 Å². The summed E-state index contributed by atoms with van der Waals surface area (Å²) in [5.41, 5.74) is -0.693. The van der Waals surface area contributed by atoms with Crippen LogP contribution in [0.2, 0.25) is 0 Å². The zero-order valence-electron chi connectivity index (χ0n) is 12.1. The van der Waals surface area contributed by atoms with Gasteiger partial charge in [0.15, 0.2) is 0 Å². The largest absolute Gasteiger partial charge is 0.481 e. The van der Waals surface area contributed by atoms with Crippen LogP contribution in [0.4, 0.5) is 0 Å². The van der Waals surface area contributed by atoms with Gasteiger partial charge in [0.05, 0.1) is 11.0 Å². The van der Waals surface area contributed by atoms with Gasteiger partial charge in [0.25, 0.3) is 0 Å². The van der Waals surface area contributed by atoms with Crippen LogP contribution in [-0.4, -0.2) is 36.5 Å². The lowest BCUT2D eigenvalue weighted by Crippen LogP contribution is -2.50. The SMILES string of the molecule is CCC(CC)(C(=O)O)C1CCOC2(CCOCC2)C1. The normalized spacial score (nSPS) is 27.4. The van der Waals surface area contributed by atoms with Gasteiger partial charge in [-0.25, -0.2) is 0 Å². The highest BCUT2D eigenvalue weighted by molar-refractivity contribution is 5.75. The molecule has 0 saturated carbocycles. The average molecular weight is 270 g/mol. The molecule has 2 aliphatic heterocycles. The molecule has 0 amide bonds. The third-order valence-corrected chi connectivity index (χ3v) is 5.37. The number of aliphatic carboxylic acids is 1. The van der Waals surface area contributed by atoms with Crippen molar-refractivity contribution in [2.24, 2.45) is 11.3 Å². The predicted octanol–water partition coefficient (Wildman–Crippen LogP) is 2.85. The van der Waals surface area contributed by atoms with Gasteiger partial charge in [-0.2, -0.15) is 0 Å². The summed E-state index contributed by atoms with van der Waals surface area (Å²) in [6.45, 7) is 6.18. The Balaban J connectivity index is 2.17. The molecule has 2 fully saturated rings. The lowest BCUT2D eigenvalue weighted by Gasteiger charge is -2.48. The molecule has 1 N–H and O–H groups in total. The minimum atomic E-state index is -0.633. The van der Waals surface area contributed by atoms with Crippen molar-refractivity contribution in [3.05, 3.63) is 0 Å². The van der Waals surface area contributed by atoms with Crippen molar-refractivity contribution in [2.45, 2.75) is 58.0 Å². The summed E-state index contributed by atoms with van der Waals surface area (Å²) in [6, 6.07) is 0. The Bertz CT molecular complexity index is 311. The molecule has 2 heterocycles. The second-order valence-electron chi connectivity index (χ2n) is 6.00. The Morgan fingerprint density at radius 1 is 1.26 bits per heavy atom. The average Bonchev–Trinajstić information content (AvgIpc) is 2.41. The third kappa shape index (κ3) is 2.65. The molecular weight excluding hydrogens is 244 g/mol. The number of hydrogen-bond donors (Lipinski definition) is 1. The van der Waals surface area contributed by atoms with Crippen LogP contribution in [0.15, 0.2) is 0 Å². The van der Waals surface area contributed by atoms with Crippen LogP contribution in [0.5, 0.6) is 0 Å². The topological polar surface area (TPSA) is 55.8 Å². The van der Waals surface area contributed by atoms with Crippen molar-refractivity contribution in [2.75, 3.05) is 19.8 Å². The number of carbonyl (C=O) groups is 1. The molecule has 0 aliphatic carbocycles. The van der Waals surface area contributed by atoms with Crippen LogP contribution in [0.3, 0.4) is 0 Å². The summed E-state index contributed by atoms with van der Waals surface area (Å²) in [5.74, 6) is -0.404. The van der Waals surface area contributed by atoms with Crippen LogP contribution in [0.1, 0.15) is 52.4 Å². The maximum Gasteiger partial charge on any atom is 0.309 e. The summed E-state index contributed by atoms with van der Waals surface area (Å²) in [5, 5.41) is 9.70. The molecule has 19 heavy (non-hydrogen) atoms. The maximum atomic E-state index is 11.8. The van der Waals surface area contributed by atoms with E-state index in [1.165, 1.54) is 0 Å². The van der Waals surface area contributed by atoms with E-state index in [1.54, 1.807) is 0 Å². The van der Waals surface area contributed by atoms with E-state index in [2.05, 4.69) is 0 Å². The molecule has 1 spiro atoms. The van der Waals surface area contributed by atoms with Crippen molar-refractivity contribution >= 4 is 5.97 Å². The smallest absolute Gasteiger partial charge is 0.309 e. The number of hydrogen-bond acceptors (Lipinski definition) is 3. The molecule has 110 valence electrons. The van der Waals surface area contributed by atoms with Crippen LogP contribution >= 0.6 is 0 Å². The fourth-order valence-electron chi connectivity index (χ4n) is 3.90. The fraction of sp³-hybridized carbons (Fsp3) is 0.933. The van der Waals surface area contributed by atoms with Crippen molar-refractivity contribution in [3.8, 4) is 0 Å². The fourth-order valence-corrected chi connectivity index (χ4v) is 3.90. The third-order valence-electron chi connectivity index (χ3n) is 5.37. The van der Waals surface area contributed by atoms with Crippen molar-refractivity contribution < 1.29 is 19.4 Å². The molecule has 0 aromatic carbocycles. The van der Waals surface area contributed by atoms with Gasteiger partial charge in [0, 0.05) is 19.8 Å². The summed E-state index contributed by atoms with van der Waals surface area (Å²) < 4.78 is 11.4. The molecule has 1 unspecified atom stereocenters. The van der Waals surface area contributed by atoms with E-state index in [4.69, 9.17) is 9.47 Å². The van der Waals surface area contributed by atoms with Crippen LogP contribution in [0, 0.1) is 11.3 Å². The number of ether oxygens (including phenoxy) is 2. The molecule has 0 radical (unpaired) electrons. The molecule has 0 aromatic heterocycles. The van der Waals surface area contributed by atoms with E-state index in [0.717, 1.165) is 38.9 Å². The minimum Gasteiger partial charge on any atom is -0.481 e. The van der Waals surface area contributed by atoms with E-state index in [1.807, 2.05) is 13.8 Å². The second kappa shape index (κ2) is 5.80. The van der Waals surface area contributed by atoms with Gasteiger partial charge in [0.2, 0.25) is 0 Å². The molecular formula is C15H26O4. The van der Waals surface area contributed by atoms with Crippen LogP contribution < -0.4 is 0 Å². The van der Waals surface area contributed by atoms with E-state index < -0.39 is 11.4 Å². The highest BCUT2D eigenvalue weighted by Gasteiger charge is 2.49. The molecule has 2 rings (SSSR count). The number of rotatable bonds is 4. The zero-order chi connectivity index (χ0) is 13.9. The van der Waals surface area contributed by atoms with Gasteiger partial charge in [0.1, 0.15) is 0 Å². The monoisotopic (exact) mass is 270 g/mol. The Labute approximate surface area is 115 Å². The lowest BCUT2D eigenvalue weighted by atomic mass is 9.64. The second-order valence-corrected chi connectivity index (χ2v) is 6.00. The van der Waals surface area contributed by atoms with Crippen LogP contribution in [-0.2, 0) is 14.3 Å². The number of carboxylic acid groups (broad SMARTS) is 1. The first-order chi connectivity index (χ1) is 9.08. The Hall–Kier alpha value is -0.610. The summed E-state index contributed by atoms with van der Waals surface area (Å²) in [7, 11) is 0. The standard InChI is InChI=1S/C15H26O4/c1-3-15(4-2,13(16)17)12-5-8-19-14(11-12)6-9-18-10-7-14/h12H,3-11H2,1-2H3,(H,16,17). The first kappa shape index (κ1) is 14.8. The Kier molecular flexibility index (Phi) is 4.51. The number of carboxylic acids is 1. The van der Waals surface area contributed by atoms with Crippen molar-refractivity contribution in [1.29, 1.82) is 0 Å². The summed E-state index contributed by atoms with van der Waals surface area (Å²) in [4.78, 5) is 11.8. The van der Waals surface area contributed by atoms with E-state index in [9.17, 15) is 9.90 Å². The maximum absolute atomic E-state index is 11.8. The predicted molar refractivity (Wildman–Crippen MR) is 72.1 cm³/mol. The van der Waals surface area contributed by atoms with Gasteiger partial charge in [-0.3, -0.25) is 4.79 Å². The van der Waals surface area contributed by atoms with Gasteiger partial charge in [-0.1, -0.05) is 13.8 Å². The highest BCUT2D eigenvalue weighted by Crippen LogP contribution is 2.47. The molecule has 0 bridgehead atoms. The zero-order valence-corrected chi connectivity index (χ0v) is 12.1. The Morgan fingerprint density at radius 3 is 2.42 bits per heavy atom. The van der Waals surface area contributed by atoms with Crippen molar-refractivity contribution in [1.82, 2.24) is 0 Å². The van der Waals surface area contributed by atoms with Gasteiger partial charge < -0.3 is 14.6 Å². The van der Waals surface area contributed by atoms with Gasteiger partial charge in [-0.05, 0) is 44.4 Å².